The lowest BCUT2D eigenvalue weighted by molar-refractivity contribution is -0.142. The lowest BCUT2D eigenvalue weighted by Crippen LogP contribution is -2.53. The minimum atomic E-state index is -0.432. The standard InChI is InChI=1S/C24H30N2O2/c1-17(2)14-23(27)26-16-21-11-7-6-10-20(21)15-22(26)24(28)25-13-12-19-9-5-4-8-18(19)3/h4-11,17,22H,12-16H2,1-3H3,(H,25,28). The van der Waals surface area contributed by atoms with Crippen molar-refractivity contribution in [2.75, 3.05) is 6.54 Å². The van der Waals surface area contributed by atoms with Crippen LogP contribution in [-0.4, -0.2) is 29.3 Å². The zero-order valence-electron chi connectivity index (χ0n) is 17.1. The van der Waals surface area contributed by atoms with E-state index in [9.17, 15) is 9.59 Å². The van der Waals surface area contributed by atoms with Crippen LogP contribution in [0.3, 0.4) is 0 Å². The highest BCUT2D eigenvalue weighted by molar-refractivity contribution is 5.88. The summed E-state index contributed by atoms with van der Waals surface area (Å²) in [5.41, 5.74) is 4.78. The first kappa shape index (κ1) is 20.1. The molecule has 1 heterocycles. The first-order valence-corrected chi connectivity index (χ1v) is 10.1. The molecule has 4 heteroatoms. The average Bonchev–Trinajstić information content (AvgIpc) is 2.67. The lowest BCUT2D eigenvalue weighted by atomic mass is 9.92. The molecule has 3 rings (SSSR count). The molecule has 0 saturated heterocycles. The first-order chi connectivity index (χ1) is 13.5. The van der Waals surface area contributed by atoms with Gasteiger partial charge in [0, 0.05) is 25.9 Å². The Hall–Kier alpha value is -2.62. The van der Waals surface area contributed by atoms with Gasteiger partial charge in [0.1, 0.15) is 6.04 Å². The second kappa shape index (κ2) is 9.05. The van der Waals surface area contributed by atoms with Crippen LogP contribution in [0.5, 0.6) is 0 Å². The second-order valence-electron chi connectivity index (χ2n) is 8.08. The zero-order valence-corrected chi connectivity index (χ0v) is 17.1. The summed E-state index contributed by atoms with van der Waals surface area (Å²) < 4.78 is 0. The van der Waals surface area contributed by atoms with Gasteiger partial charge in [-0.25, -0.2) is 0 Å². The number of aryl methyl sites for hydroxylation is 1. The van der Waals surface area contributed by atoms with Crippen molar-refractivity contribution in [2.45, 2.75) is 52.6 Å². The number of hydrogen-bond donors (Lipinski definition) is 1. The van der Waals surface area contributed by atoms with Crippen molar-refractivity contribution in [1.82, 2.24) is 10.2 Å². The van der Waals surface area contributed by atoms with E-state index in [2.05, 4.69) is 36.5 Å². The molecule has 1 N–H and O–H groups in total. The van der Waals surface area contributed by atoms with Gasteiger partial charge >= 0.3 is 0 Å². The van der Waals surface area contributed by atoms with Crippen LogP contribution >= 0.6 is 0 Å². The van der Waals surface area contributed by atoms with Gasteiger partial charge in [-0.05, 0) is 41.5 Å². The number of carbonyl (C=O) groups excluding carboxylic acids is 2. The Bertz CT molecular complexity index is 844. The van der Waals surface area contributed by atoms with Crippen LogP contribution in [0.25, 0.3) is 0 Å². The fraction of sp³-hybridized carbons (Fsp3) is 0.417. The van der Waals surface area contributed by atoms with E-state index in [1.54, 1.807) is 4.90 Å². The summed E-state index contributed by atoms with van der Waals surface area (Å²) in [5.74, 6) is 0.276. The van der Waals surface area contributed by atoms with Crippen molar-refractivity contribution in [2.24, 2.45) is 5.92 Å². The highest BCUT2D eigenvalue weighted by Gasteiger charge is 2.34. The largest absolute Gasteiger partial charge is 0.354 e. The Balaban J connectivity index is 1.70. The van der Waals surface area contributed by atoms with Gasteiger partial charge in [0.25, 0.3) is 0 Å². The summed E-state index contributed by atoms with van der Waals surface area (Å²) in [4.78, 5) is 27.6. The van der Waals surface area contributed by atoms with Gasteiger partial charge in [-0.15, -0.1) is 0 Å². The molecule has 1 unspecified atom stereocenters. The Morgan fingerprint density at radius 2 is 1.75 bits per heavy atom. The van der Waals surface area contributed by atoms with Crippen LogP contribution in [0.4, 0.5) is 0 Å². The molecule has 1 aliphatic rings. The van der Waals surface area contributed by atoms with E-state index in [4.69, 9.17) is 0 Å². The monoisotopic (exact) mass is 378 g/mol. The molecule has 28 heavy (non-hydrogen) atoms. The number of nitrogens with one attached hydrogen (secondary N) is 1. The smallest absolute Gasteiger partial charge is 0.243 e. The molecule has 0 spiro atoms. The normalized spacial score (nSPS) is 16.0. The molecular formula is C24H30N2O2. The maximum atomic E-state index is 13.0. The summed E-state index contributed by atoms with van der Waals surface area (Å²) in [7, 11) is 0. The molecule has 0 aliphatic carbocycles. The molecule has 1 atom stereocenters. The van der Waals surface area contributed by atoms with Gasteiger partial charge in [0.05, 0.1) is 0 Å². The van der Waals surface area contributed by atoms with Crippen LogP contribution in [0.1, 0.15) is 42.5 Å². The van der Waals surface area contributed by atoms with Gasteiger partial charge in [-0.2, -0.15) is 0 Å². The van der Waals surface area contributed by atoms with Gasteiger partial charge in [-0.1, -0.05) is 62.4 Å². The summed E-state index contributed by atoms with van der Waals surface area (Å²) >= 11 is 0. The Morgan fingerprint density at radius 3 is 2.46 bits per heavy atom. The van der Waals surface area contributed by atoms with Crippen molar-refractivity contribution in [3.05, 3.63) is 70.8 Å². The average molecular weight is 379 g/mol. The number of fused-ring (bicyclic) bond motifs is 1. The topological polar surface area (TPSA) is 49.4 Å². The minimum absolute atomic E-state index is 0.0554. The van der Waals surface area contributed by atoms with Crippen molar-refractivity contribution in [1.29, 1.82) is 0 Å². The van der Waals surface area contributed by atoms with Gasteiger partial charge in [0.2, 0.25) is 11.8 Å². The van der Waals surface area contributed by atoms with Crippen molar-refractivity contribution in [3.63, 3.8) is 0 Å². The molecular weight excluding hydrogens is 348 g/mol. The molecule has 0 bridgehead atoms. The molecule has 4 nitrogen and oxygen atoms in total. The van der Waals surface area contributed by atoms with Crippen LogP contribution < -0.4 is 5.32 Å². The fourth-order valence-electron chi connectivity index (χ4n) is 3.81. The van der Waals surface area contributed by atoms with Crippen LogP contribution in [0, 0.1) is 12.8 Å². The Labute approximate surface area is 167 Å². The lowest BCUT2D eigenvalue weighted by Gasteiger charge is -2.36. The highest BCUT2D eigenvalue weighted by atomic mass is 16.2. The van der Waals surface area contributed by atoms with E-state index in [0.717, 1.165) is 17.5 Å². The van der Waals surface area contributed by atoms with E-state index in [-0.39, 0.29) is 17.7 Å². The summed E-state index contributed by atoms with van der Waals surface area (Å²) in [5, 5.41) is 3.06. The van der Waals surface area contributed by atoms with Gasteiger partial charge < -0.3 is 10.2 Å². The maximum Gasteiger partial charge on any atom is 0.243 e. The third kappa shape index (κ3) is 4.80. The van der Waals surface area contributed by atoms with Crippen LogP contribution in [0.2, 0.25) is 0 Å². The predicted molar refractivity (Wildman–Crippen MR) is 112 cm³/mol. The molecule has 0 aromatic heterocycles. The molecule has 1 aliphatic heterocycles. The maximum absolute atomic E-state index is 13.0. The number of hydrogen-bond acceptors (Lipinski definition) is 2. The third-order valence-electron chi connectivity index (χ3n) is 5.41. The summed E-state index contributed by atoms with van der Waals surface area (Å²) in [6, 6.07) is 15.9. The predicted octanol–water partition coefficient (Wildman–Crippen LogP) is 3.65. The van der Waals surface area contributed by atoms with E-state index in [1.807, 2.05) is 38.1 Å². The summed E-state index contributed by atoms with van der Waals surface area (Å²) in [6.45, 7) is 7.24. The number of amides is 2. The quantitative estimate of drug-likeness (QED) is 0.834. The first-order valence-electron chi connectivity index (χ1n) is 10.1. The molecule has 2 amide bonds. The number of carbonyl (C=O) groups is 2. The molecule has 2 aromatic rings. The van der Waals surface area contributed by atoms with Crippen LogP contribution in [-0.2, 0) is 29.0 Å². The highest BCUT2D eigenvalue weighted by Crippen LogP contribution is 2.25. The summed E-state index contributed by atoms with van der Waals surface area (Å²) in [6.07, 6.45) is 1.84. The van der Waals surface area contributed by atoms with Crippen LogP contribution in [0.15, 0.2) is 48.5 Å². The SMILES string of the molecule is Cc1ccccc1CCNC(=O)C1Cc2ccccc2CN1C(=O)CC(C)C. The number of rotatable bonds is 6. The van der Waals surface area contributed by atoms with E-state index in [0.29, 0.717) is 25.9 Å². The minimum Gasteiger partial charge on any atom is -0.354 e. The van der Waals surface area contributed by atoms with E-state index >= 15 is 0 Å². The van der Waals surface area contributed by atoms with E-state index in [1.165, 1.54) is 11.1 Å². The van der Waals surface area contributed by atoms with E-state index < -0.39 is 6.04 Å². The Morgan fingerprint density at radius 1 is 1.07 bits per heavy atom. The molecule has 0 saturated carbocycles. The third-order valence-corrected chi connectivity index (χ3v) is 5.41. The number of nitrogens with zero attached hydrogens (tertiary/aromatic N) is 1. The molecule has 0 fully saturated rings. The molecule has 2 aromatic carbocycles. The fourth-order valence-corrected chi connectivity index (χ4v) is 3.81. The molecule has 0 radical (unpaired) electrons. The zero-order chi connectivity index (χ0) is 20.1. The van der Waals surface area contributed by atoms with Crippen molar-refractivity contribution in [3.8, 4) is 0 Å². The van der Waals surface area contributed by atoms with Crippen molar-refractivity contribution < 1.29 is 9.59 Å². The van der Waals surface area contributed by atoms with Gasteiger partial charge in [-0.3, -0.25) is 9.59 Å². The Kier molecular flexibility index (Phi) is 6.50. The second-order valence-corrected chi connectivity index (χ2v) is 8.08. The van der Waals surface area contributed by atoms with Gasteiger partial charge in [0.15, 0.2) is 0 Å². The number of benzene rings is 2. The molecule has 148 valence electrons. The van der Waals surface area contributed by atoms with Crippen molar-refractivity contribution >= 4 is 11.8 Å².